The Morgan fingerprint density at radius 3 is 2.78 bits per heavy atom. The van der Waals surface area contributed by atoms with E-state index in [1.165, 1.54) is 0 Å². The summed E-state index contributed by atoms with van der Waals surface area (Å²) in [6.07, 6.45) is 7.78. The van der Waals surface area contributed by atoms with Gasteiger partial charge in [-0.1, -0.05) is 11.6 Å². The molecule has 7 nitrogen and oxygen atoms in total. The molecule has 0 saturated carbocycles. The van der Waals surface area contributed by atoms with Crippen molar-refractivity contribution in [3.05, 3.63) is 47.5 Å². The highest BCUT2D eigenvalue weighted by atomic mass is 35.5. The summed E-state index contributed by atoms with van der Waals surface area (Å²) in [5, 5.41) is 7.30. The highest BCUT2D eigenvalue weighted by Gasteiger charge is 2.21. The first-order valence-corrected chi connectivity index (χ1v) is 9.15. The summed E-state index contributed by atoms with van der Waals surface area (Å²) in [6.45, 7) is 2.27. The molecule has 1 aliphatic heterocycles. The molecule has 1 fully saturated rings. The van der Waals surface area contributed by atoms with Crippen molar-refractivity contribution in [3.63, 3.8) is 0 Å². The van der Waals surface area contributed by atoms with Crippen LogP contribution < -0.4 is 20.1 Å². The van der Waals surface area contributed by atoms with Crippen molar-refractivity contribution in [1.82, 2.24) is 20.3 Å². The second-order valence-corrected chi connectivity index (χ2v) is 6.70. The van der Waals surface area contributed by atoms with Gasteiger partial charge in [0.1, 0.15) is 6.10 Å². The molecule has 140 valence electrons. The molecule has 0 aliphatic carbocycles. The maximum atomic E-state index is 6.42. The van der Waals surface area contributed by atoms with E-state index in [1.807, 2.05) is 12.1 Å². The summed E-state index contributed by atoms with van der Waals surface area (Å²) in [7, 11) is 1.61. The molecule has 1 aromatic carbocycles. The minimum atomic E-state index is 0.112. The summed E-state index contributed by atoms with van der Waals surface area (Å²) in [6, 6.07) is 3.76. The van der Waals surface area contributed by atoms with Crippen LogP contribution in [0.5, 0.6) is 11.5 Å². The lowest BCUT2D eigenvalue weighted by atomic mass is 10.2. The number of nitrogens with one attached hydrogen (secondary N) is 2. The number of benzene rings is 1. The fourth-order valence-electron chi connectivity index (χ4n) is 3.07. The maximum Gasteiger partial charge on any atom is 0.187 e. The molecule has 3 heterocycles. The van der Waals surface area contributed by atoms with E-state index in [9.17, 15) is 0 Å². The number of pyridine rings is 1. The van der Waals surface area contributed by atoms with Gasteiger partial charge in [-0.2, -0.15) is 0 Å². The van der Waals surface area contributed by atoms with Crippen LogP contribution in [0.15, 0.2) is 36.9 Å². The molecule has 1 atom stereocenters. The number of halogens is 1. The Hall–Kier alpha value is -2.64. The largest absolute Gasteiger partial charge is 0.491 e. The first-order valence-electron chi connectivity index (χ1n) is 8.77. The number of ether oxygens (including phenoxy) is 2. The minimum absolute atomic E-state index is 0.112. The Morgan fingerprint density at radius 1 is 1.22 bits per heavy atom. The Balaban J connectivity index is 1.58. The van der Waals surface area contributed by atoms with Crippen LogP contribution in [0.4, 0.5) is 5.69 Å². The first-order chi connectivity index (χ1) is 13.2. The van der Waals surface area contributed by atoms with Crippen LogP contribution in [0.25, 0.3) is 11.0 Å². The van der Waals surface area contributed by atoms with Crippen molar-refractivity contribution >= 4 is 28.3 Å². The highest BCUT2D eigenvalue weighted by Crippen LogP contribution is 2.36. The summed E-state index contributed by atoms with van der Waals surface area (Å²) >= 11 is 6.42. The number of hydrogen-bond donors (Lipinski definition) is 2. The van der Waals surface area contributed by atoms with E-state index < -0.39 is 0 Å². The van der Waals surface area contributed by atoms with Gasteiger partial charge in [-0.15, -0.1) is 0 Å². The van der Waals surface area contributed by atoms with Crippen LogP contribution in [-0.4, -0.2) is 41.3 Å². The zero-order valence-electron chi connectivity index (χ0n) is 14.9. The molecule has 27 heavy (non-hydrogen) atoms. The lowest BCUT2D eigenvalue weighted by Gasteiger charge is -2.19. The summed E-state index contributed by atoms with van der Waals surface area (Å²) in [5.74, 6) is 1.26. The van der Waals surface area contributed by atoms with Crippen molar-refractivity contribution in [3.8, 4) is 11.5 Å². The van der Waals surface area contributed by atoms with Crippen LogP contribution in [0, 0.1) is 0 Å². The number of aromatic nitrogens is 3. The van der Waals surface area contributed by atoms with E-state index in [2.05, 4.69) is 25.6 Å². The zero-order valence-corrected chi connectivity index (χ0v) is 15.7. The topological polar surface area (TPSA) is 81.2 Å². The van der Waals surface area contributed by atoms with Crippen molar-refractivity contribution in [2.75, 3.05) is 25.5 Å². The van der Waals surface area contributed by atoms with E-state index in [4.69, 9.17) is 21.1 Å². The summed E-state index contributed by atoms with van der Waals surface area (Å²) in [4.78, 5) is 12.9. The monoisotopic (exact) mass is 385 g/mol. The molecule has 4 rings (SSSR count). The molecule has 8 heteroatoms. The summed E-state index contributed by atoms with van der Waals surface area (Å²) in [5.41, 5.74) is 3.25. The number of rotatable bonds is 6. The van der Waals surface area contributed by atoms with Crippen molar-refractivity contribution in [2.24, 2.45) is 0 Å². The van der Waals surface area contributed by atoms with Gasteiger partial charge < -0.3 is 20.1 Å². The fourth-order valence-corrected chi connectivity index (χ4v) is 3.30. The van der Waals surface area contributed by atoms with E-state index >= 15 is 0 Å². The highest BCUT2D eigenvalue weighted by molar-refractivity contribution is 6.32. The SMILES string of the molecule is COc1cncc(NCc2cc3nccnc3cc2Cl)c1O[C@@H]1CCNC1. The Bertz CT molecular complexity index is 947. The fraction of sp³-hybridized carbons (Fsp3) is 0.316. The van der Waals surface area contributed by atoms with Crippen LogP contribution in [-0.2, 0) is 6.54 Å². The third-order valence-electron chi connectivity index (χ3n) is 4.49. The Morgan fingerprint density at radius 2 is 2.04 bits per heavy atom. The average molecular weight is 386 g/mol. The smallest absolute Gasteiger partial charge is 0.187 e. The lowest BCUT2D eigenvalue weighted by molar-refractivity contribution is 0.213. The molecule has 2 N–H and O–H groups in total. The molecule has 3 aromatic rings. The third-order valence-corrected chi connectivity index (χ3v) is 4.84. The number of nitrogens with zero attached hydrogens (tertiary/aromatic N) is 3. The van der Waals surface area contributed by atoms with E-state index in [-0.39, 0.29) is 6.10 Å². The molecular formula is C19H20ClN5O2. The van der Waals surface area contributed by atoms with Gasteiger partial charge in [-0.25, -0.2) is 0 Å². The zero-order chi connectivity index (χ0) is 18.6. The van der Waals surface area contributed by atoms with Gasteiger partial charge in [-0.05, 0) is 30.7 Å². The quantitative estimate of drug-likeness (QED) is 0.674. The number of methoxy groups -OCH3 is 1. The average Bonchev–Trinajstić information content (AvgIpc) is 3.20. The van der Waals surface area contributed by atoms with Gasteiger partial charge in [0.2, 0.25) is 0 Å². The van der Waals surface area contributed by atoms with Gasteiger partial charge in [0, 0.05) is 30.5 Å². The summed E-state index contributed by atoms with van der Waals surface area (Å²) < 4.78 is 11.6. The van der Waals surface area contributed by atoms with Crippen LogP contribution >= 0.6 is 11.6 Å². The second kappa shape index (κ2) is 7.94. The van der Waals surface area contributed by atoms with Gasteiger partial charge >= 0.3 is 0 Å². The normalized spacial score (nSPS) is 16.4. The van der Waals surface area contributed by atoms with Gasteiger partial charge in [0.05, 0.1) is 36.2 Å². The molecular weight excluding hydrogens is 366 g/mol. The number of hydrogen-bond acceptors (Lipinski definition) is 7. The minimum Gasteiger partial charge on any atom is -0.491 e. The number of fused-ring (bicyclic) bond motifs is 1. The van der Waals surface area contributed by atoms with Gasteiger partial charge in [-0.3, -0.25) is 15.0 Å². The molecule has 2 aromatic heterocycles. The molecule has 0 radical (unpaired) electrons. The van der Waals surface area contributed by atoms with E-state index in [1.54, 1.807) is 31.9 Å². The van der Waals surface area contributed by atoms with Crippen molar-refractivity contribution < 1.29 is 9.47 Å². The first kappa shape index (κ1) is 17.8. The molecule has 1 aliphatic rings. The molecule has 1 saturated heterocycles. The maximum absolute atomic E-state index is 6.42. The van der Waals surface area contributed by atoms with Gasteiger partial charge in [0.15, 0.2) is 11.5 Å². The predicted molar refractivity (Wildman–Crippen MR) is 105 cm³/mol. The van der Waals surface area contributed by atoms with Crippen LogP contribution in [0.2, 0.25) is 5.02 Å². The molecule has 0 spiro atoms. The van der Waals surface area contributed by atoms with Crippen molar-refractivity contribution in [1.29, 1.82) is 0 Å². The lowest BCUT2D eigenvalue weighted by Crippen LogP contribution is -2.20. The Labute approximate surface area is 162 Å². The second-order valence-electron chi connectivity index (χ2n) is 6.29. The third kappa shape index (κ3) is 3.89. The van der Waals surface area contributed by atoms with Crippen LogP contribution in [0.3, 0.4) is 0 Å². The molecule has 0 bridgehead atoms. The van der Waals surface area contributed by atoms with Crippen molar-refractivity contribution in [2.45, 2.75) is 19.1 Å². The molecule has 0 amide bonds. The standard InChI is InChI=1S/C19H20ClN5O2/c1-26-18-11-22-10-17(19(18)27-13-2-3-21-9-13)25-8-12-6-15-16(7-14(12)20)24-5-4-23-15/h4-7,10-11,13,21,25H,2-3,8-9H2,1H3/t13-/m1/s1. The van der Waals surface area contributed by atoms with E-state index in [0.29, 0.717) is 23.1 Å². The number of anilines is 1. The molecule has 0 unspecified atom stereocenters. The Kier molecular flexibility index (Phi) is 5.22. The van der Waals surface area contributed by atoms with Crippen LogP contribution in [0.1, 0.15) is 12.0 Å². The van der Waals surface area contributed by atoms with Gasteiger partial charge in [0.25, 0.3) is 0 Å². The predicted octanol–water partition coefficient (Wildman–Crippen LogP) is 3.04. The van der Waals surface area contributed by atoms with E-state index in [0.717, 1.165) is 41.8 Å².